The lowest BCUT2D eigenvalue weighted by Crippen LogP contribution is -2.02. The zero-order valence-electron chi connectivity index (χ0n) is 20.1. The van der Waals surface area contributed by atoms with Crippen LogP contribution in [0.1, 0.15) is 51.6 Å². The number of aryl methyl sites for hydroxylation is 2. The van der Waals surface area contributed by atoms with Crippen LogP contribution in [0.15, 0.2) is 68.9 Å². The maximum absolute atomic E-state index is 12.0. The Hall–Kier alpha value is -2.93. The smallest absolute Gasteiger partial charge is 0.337 e. The fourth-order valence-electron chi connectivity index (χ4n) is 4.63. The average Bonchev–Trinajstić information content (AvgIpc) is 3.69. The first kappa shape index (κ1) is 24.4. The molecule has 1 aromatic heterocycles. The topological polar surface area (TPSA) is 61.6 Å². The van der Waals surface area contributed by atoms with Gasteiger partial charge in [-0.1, -0.05) is 52.3 Å². The van der Waals surface area contributed by atoms with Crippen molar-refractivity contribution in [2.24, 2.45) is 0 Å². The lowest BCUT2D eigenvalue weighted by molar-refractivity contribution is 0.0600. The quantitative estimate of drug-likeness (QED) is 0.225. The summed E-state index contributed by atoms with van der Waals surface area (Å²) in [5.74, 6) is 1.67. The molecule has 0 bridgehead atoms. The van der Waals surface area contributed by atoms with Gasteiger partial charge >= 0.3 is 5.97 Å². The number of carbonyl (C=O) groups excluding carboxylic acids is 1. The van der Waals surface area contributed by atoms with E-state index in [1.165, 1.54) is 18.2 Å². The van der Waals surface area contributed by atoms with Crippen LogP contribution in [-0.4, -0.2) is 18.2 Å². The third-order valence-corrected chi connectivity index (χ3v) is 8.60. The molecule has 1 aliphatic heterocycles. The number of fused-ring (bicyclic) bond motifs is 2. The summed E-state index contributed by atoms with van der Waals surface area (Å²) in [6, 6.07) is 17.3. The normalized spacial score (nSPS) is 14.5. The van der Waals surface area contributed by atoms with Crippen LogP contribution in [0.2, 0.25) is 10.0 Å². The van der Waals surface area contributed by atoms with Crippen molar-refractivity contribution in [2.75, 3.05) is 7.11 Å². The minimum Gasteiger partial charge on any atom is -0.489 e. The third kappa shape index (κ3) is 4.86. The molecule has 2 aliphatic rings. The number of methoxy groups -OCH3 is 1. The van der Waals surface area contributed by atoms with E-state index in [4.69, 9.17) is 37.2 Å². The number of nitrogens with zero attached hydrogens (tertiary/aromatic N) is 1. The first-order valence-electron chi connectivity index (χ1n) is 12.1. The number of aromatic nitrogens is 1. The van der Waals surface area contributed by atoms with Gasteiger partial charge in [-0.05, 0) is 79.3 Å². The Morgan fingerprint density at radius 2 is 1.81 bits per heavy atom. The molecule has 0 saturated heterocycles. The molecule has 5 nitrogen and oxygen atoms in total. The molecule has 0 N–H and O–H groups in total. The summed E-state index contributed by atoms with van der Waals surface area (Å²) in [5.41, 5.74) is 5.19. The molecule has 0 radical (unpaired) electrons. The van der Waals surface area contributed by atoms with Gasteiger partial charge in [0.1, 0.15) is 23.8 Å². The Bertz CT molecular complexity index is 1490. The maximum Gasteiger partial charge on any atom is 0.337 e. The molecular formula is C29H23Cl2NO4S. The predicted molar refractivity (Wildman–Crippen MR) is 144 cm³/mol. The van der Waals surface area contributed by atoms with Crippen molar-refractivity contribution >= 4 is 40.9 Å². The molecule has 8 heteroatoms. The molecule has 0 unspecified atom stereocenters. The number of hydrogen-bond acceptors (Lipinski definition) is 6. The van der Waals surface area contributed by atoms with Crippen LogP contribution in [0.5, 0.6) is 5.75 Å². The largest absolute Gasteiger partial charge is 0.489 e. The van der Waals surface area contributed by atoms with E-state index in [1.54, 1.807) is 23.9 Å². The maximum atomic E-state index is 12.0. The second kappa shape index (κ2) is 10.1. The van der Waals surface area contributed by atoms with Crippen LogP contribution in [0.25, 0.3) is 11.3 Å². The summed E-state index contributed by atoms with van der Waals surface area (Å²) in [4.78, 5) is 14.2. The molecular weight excluding hydrogens is 529 g/mol. The van der Waals surface area contributed by atoms with Crippen LogP contribution in [0.3, 0.4) is 0 Å². The molecule has 1 fully saturated rings. The van der Waals surface area contributed by atoms with Crippen molar-refractivity contribution in [3.8, 4) is 17.0 Å². The molecule has 0 spiro atoms. The van der Waals surface area contributed by atoms with Crippen molar-refractivity contribution in [1.29, 1.82) is 0 Å². The zero-order valence-corrected chi connectivity index (χ0v) is 22.4. The number of halogens is 2. The highest BCUT2D eigenvalue weighted by Crippen LogP contribution is 2.46. The van der Waals surface area contributed by atoms with E-state index in [0.717, 1.165) is 52.5 Å². The monoisotopic (exact) mass is 551 g/mol. The van der Waals surface area contributed by atoms with E-state index in [0.29, 0.717) is 39.4 Å². The van der Waals surface area contributed by atoms with Crippen molar-refractivity contribution in [3.63, 3.8) is 0 Å². The van der Waals surface area contributed by atoms with E-state index in [1.807, 2.05) is 30.3 Å². The Morgan fingerprint density at radius 1 is 1.03 bits per heavy atom. The molecule has 4 aromatic rings. The number of hydrogen-bond donors (Lipinski definition) is 0. The standard InChI is InChI=1S/C29H23Cl2NO4S/c1-34-29(33)19-10-6-16-5-9-18-13-20(11-12-24(18)37-25(16)14-19)35-15-21-27(32-36-28(21)17-7-8-17)26-22(30)3-2-4-23(26)31/h2-4,6,10-14,17H,5,7-9,15H2,1H3. The van der Waals surface area contributed by atoms with Gasteiger partial charge < -0.3 is 14.0 Å². The minimum atomic E-state index is -0.326. The average molecular weight is 552 g/mol. The van der Waals surface area contributed by atoms with Crippen LogP contribution in [-0.2, 0) is 24.2 Å². The van der Waals surface area contributed by atoms with E-state index < -0.39 is 0 Å². The third-order valence-electron chi connectivity index (χ3n) is 6.75. The summed E-state index contributed by atoms with van der Waals surface area (Å²) >= 11 is 14.7. The van der Waals surface area contributed by atoms with Crippen molar-refractivity contribution in [2.45, 2.75) is 48.0 Å². The van der Waals surface area contributed by atoms with Crippen LogP contribution < -0.4 is 4.74 Å². The first-order chi connectivity index (χ1) is 18.0. The molecule has 6 rings (SSSR count). The van der Waals surface area contributed by atoms with Gasteiger partial charge in [0.15, 0.2) is 0 Å². The second-order valence-corrected chi connectivity index (χ2v) is 11.1. The van der Waals surface area contributed by atoms with Gasteiger partial charge in [0.2, 0.25) is 0 Å². The zero-order chi connectivity index (χ0) is 25.5. The van der Waals surface area contributed by atoms with Gasteiger partial charge in [0.25, 0.3) is 0 Å². The van der Waals surface area contributed by atoms with Gasteiger partial charge in [-0.25, -0.2) is 4.79 Å². The Morgan fingerprint density at radius 3 is 2.57 bits per heavy atom. The van der Waals surface area contributed by atoms with Gasteiger partial charge in [0, 0.05) is 21.3 Å². The van der Waals surface area contributed by atoms with Gasteiger partial charge in [0.05, 0.1) is 28.3 Å². The Labute approximate surface area is 229 Å². The summed E-state index contributed by atoms with van der Waals surface area (Å²) in [6.45, 7) is 0.306. The van der Waals surface area contributed by atoms with Gasteiger partial charge in [-0.2, -0.15) is 0 Å². The van der Waals surface area contributed by atoms with E-state index in [-0.39, 0.29) is 5.97 Å². The molecule has 1 saturated carbocycles. The number of esters is 1. The van der Waals surface area contributed by atoms with Gasteiger partial charge in [-0.15, -0.1) is 0 Å². The molecule has 0 amide bonds. The fourth-order valence-corrected chi connectivity index (χ4v) is 6.36. The highest BCUT2D eigenvalue weighted by atomic mass is 35.5. The number of benzene rings is 3. The highest BCUT2D eigenvalue weighted by molar-refractivity contribution is 7.99. The summed E-state index contributed by atoms with van der Waals surface area (Å²) in [7, 11) is 1.40. The first-order valence-corrected chi connectivity index (χ1v) is 13.7. The lowest BCUT2D eigenvalue weighted by atomic mass is 10.0. The van der Waals surface area contributed by atoms with Gasteiger partial charge in [-0.3, -0.25) is 0 Å². The van der Waals surface area contributed by atoms with Crippen molar-refractivity contribution in [3.05, 3.63) is 92.7 Å². The van der Waals surface area contributed by atoms with Crippen molar-refractivity contribution in [1.82, 2.24) is 5.16 Å². The predicted octanol–water partition coefficient (Wildman–Crippen LogP) is 8.14. The molecule has 188 valence electrons. The second-order valence-electron chi connectivity index (χ2n) is 9.22. The molecule has 1 aliphatic carbocycles. The van der Waals surface area contributed by atoms with E-state index in [9.17, 15) is 4.79 Å². The summed E-state index contributed by atoms with van der Waals surface area (Å²) in [6.07, 6.45) is 3.91. The Balaban J connectivity index is 1.26. The van der Waals surface area contributed by atoms with Crippen molar-refractivity contribution < 1.29 is 18.8 Å². The SMILES string of the molecule is COC(=O)c1ccc2c(c1)Sc1ccc(OCc3c(-c4c(Cl)cccc4Cl)noc3C3CC3)cc1CC2. The Kier molecular flexibility index (Phi) is 6.65. The molecule has 3 aromatic carbocycles. The number of ether oxygens (including phenoxy) is 2. The van der Waals surface area contributed by atoms with Crippen LogP contribution in [0, 0.1) is 0 Å². The van der Waals surface area contributed by atoms with Crippen LogP contribution in [0.4, 0.5) is 0 Å². The minimum absolute atomic E-state index is 0.306. The highest BCUT2D eigenvalue weighted by Gasteiger charge is 2.33. The molecule has 0 atom stereocenters. The molecule has 2 heterocycles. The van der Waals surface area contributed by atoms with E-state index >= 15 is 0 Å². The number of rotatable bonds is 6. The fraction of sp³-hybridized carbons (Fsp3) is 0.241. The summed E-state index contributed by atoms with van der Waals surface area (Å²) < 4.78 is 17.0. The summed E-state index contributed by atoms with van der Waals surface area (Å²) in [5, 5.41) is 5.41. The van der Waals surface area contributed by atoms with E-state index in [2.05, 4.69) is 17.3 Å². The lowest BCUT2D eigenvalue weighted by Gasteiger charge is -2.12. The van der Waals surface area contributed by atoms with Crippen LogP contribution >= 0.6 is 35.0 Å². The molecule has 37 heavy (non-hydrogen) atoms. The number of carbonyl (C=O) groups is 1.